The number of hydrogen-bond acceptors (Lipinski definition) is 6. The summed E-state index contributed by atoms with van der Waals surface area (Å²) >= 11 is 0. The van der Waals surface area contributed by atoms with Gasteiger partial charge >= 0.3 is 0 Å². The molecule has 0 aliphatic rings. The molecule has 0 spiro atoms. The van der Waals surface area contributed by atoms with Crippen LogP contribution in [0.2, 0.25) is 0 Å². The summed E-state index contributed by atoms with van der Waals surface area (Å²) in [6.45, 7) is 8.49. The van der Waals surface area contributed by atoms with Gasteiger partial charge in [0.05, 0.1) is 18.4 Å². The average Bonchev–Trinajstić information content (AvgIpc) is 2.64. The third-order valence-corrected chi connectivity index (χ3v) is 3.79. The van der Waals surface area contributed by atoms with Crippen LogP contribution in [0.1, 0.15) is 26.6 Å². The average molecular weight is 378 g/mol. The van der Waals surface area contributed by atoms with Gasteiger partial charge in [0.1, 0.15) is 29.0 Å². The highest BCUT2D eigenvalue weighted by Gasteiger charge is 2.08. The van der Waals surface area contributed by atoms with Crippen molar-refractivity contribution < 1.29 is 9.47 Å². The number of ether oxygens (including phenoxy) is 2. The number of aromatic nitrogens is 2. The predicted molar refractivity (Wildman–Crippen MR) is 113 cm³/mol. The molecule has 0 unspecified atom stereocenters. The van der Waals surface area contributed by atoms with Gasteiger partial charge in [-0.25, -0.2) is 9.97 Å². The number of nitrogens with zero attached hydrogens (tertiary/aromatic N) is 2. The molecule has 3 rings (SSSR count). The second kappa shape index (κ2) is 9.08. The number of rotatable bonds is 8. The van der Waals surface area contributed by atoms with Crippen molar-refractivity contribution in [3.63, 3.8) is 0 Å². The third kappa shape index (κ3) is 5.36. The summed E-state index contributed by atoms with van der Waals surface area (Å²) in [4.78, 5) is 8.97. The van der Waals surface area contributed by atoms with E-state index < -0.39 is 0 Å². The lowest BCUT2D eigenvalue weighted by atomic mass is 10.2. The molecule has 0 aliphatic carbocycles. The number of nitrogens with one attached hydrogen (secondary N) is 2. The number of benzene rings is 2. The topological polar surface area (TPSA) is 68.3 Å². The van der Waals surface area contributed by atoms with Gasteiger partial charge in [-0.15, -0.1) is 0 Å². The van der Waals surface area contributed by atoms with Crippen molar-refractivity contribution >= 4 is 23.0 Å². The molecule has 0 radical (unpaired) electrons. The van der Waals surface area contributed by atoms with E-state index in [-0.39, 0.29) is 6.10 Å². The Labute approximate surface area is 166 Å². The Kier molecular flexibility index (Phi) is 6.32. The standard InChI is InChI=1S/C22H26N4O2/c1-5-27-18-12-10-17(11-13-18)25-21-14-22(24-16(4)23-21)26-19-8-6-7-9-20(19)28-15(2)3/h6-15H,5H2,1-4H3,(H2,23,24,25,26). The van der Waals surface area contributed by atoms with Crippen molar-refractivity contribution in [1.29, 1.82) is 0 Å². The summed E-state index contributed by atoms with van der Waals surface area (Å²) < 4.78 is 11.4. The lowest BCUT2D eigenvalue weighted by Gasteiger charge is -2.16. The Bertz CT molecular complexity index is 911. The Morgan fingerprint density at radius 3 is 2.29 bits per heavy atom. The first-order valence-electron chi connectivity index (χ1n) is 9.41. The van der Waals surface area contributed by atoms with Crippen molar-refractivity contribution in [2.45, 2.75) is 33.8 Å². The van der Waals surface area contributed by atoms with E-state index in [2.05, 4.69) is 20.6 Å². The first kappa shape index (κ1) is 19.5. The molecule has 0 bridgehead atoms. The van der Waals surface area contributed by atoms with Gasteiger partial charge in [0.25, 0.3) is 0 Å². The highest BCUT2D eigenvalue weighted by Crippen LogP contribution is 2.29. The van der Waals surface area contributed by atoms with Crippen LogP contribution < -0.4 is 20.1 Å². The van der Waals surface area contributed by atoms with Crippen LogP contribution in [0.3, 0.4) is 0 Å². The van der Waals surface area contributed by atoms with Crippen LogP contribution in [0.4, 0.5) is 23.0 Å². The molecule has 0 aliphatic heterocycles. The highest BCUT2D eigenvalue weighted by atomic mass is 16.5. The summed E-state index contributed by atoms with van der Waals surface area (Å²) in [5.41, 5.74) is 1.79. The summed E-state index contributed by atoms with van der Waals surface area (Å²) in [7, 11) is 0. The van der Waals surface area contributed by atoms with Crippen LogP contribution in [-0.4, -0.2) is 22.7 Å². The Morgan fingerprint density at radius 1 is 0.929 bits per heavy atom. The zero-order chi connectivity index (χ0) is 19.9. The summed E-state index contributed by atoms with van der Waals surface area (Å²) in [5, 5.41) is 6.64. The van der Waals surface area contributed by atoms with Gasteiger partial charge in [-0.2, -0.15) is 0 Å². The zero-order valence-electron chi connectivity index (χ0n) is 16.7. The first-order chi connectivity index (χ1) is 13.5. The predicted octanol–water partition coefficient (Wildman–Crippen LogP) is 5.46. The van der Waals surface area contributed by atoms with Gasteiger partial charge in [0, 0.05) is 11.8 Å². The Hall–Kier alpha value is -3.28. The van der Waals surface area contributed by atoms with E-state index in [1.54, 1.807) is 0 Å². The van der Waals surface area contributed by atoms with Crippen LogP contribution in [0, 0.1) is 6.92 Å². The van der Waals surface area contributed by atoms with Crippen LogP contribution in [-0.2, 0) is 0 Å². The van der Waals surface area contributed by atoms with E-state index in [1.165, 1.54) is 0 Å². The van der Waals surface area contributed by atoms with Gasteiger partial charge in [0.15, 0.2) is 0 Å². The second-order valence-electron chi connectivity index (χ2n) is 6.56. The maximum absolute atomic E-state index is 5.87. The highest BCUT2D eigenvalue weighted by molar-refractivity contribution is 5.67. The van der Waals surface area contributed by atoms with Crippen molar-refractivity contribution in [3.8, 4) is 11.5 Å². The maximum Gasteiger partial charge on any atom is 0.143 e. The molecular formula is C22H26N4O2. The van der Waals surface area contributed by atoms with Crippen molar-refractivity contribution in [3.05, 3.63) is 60.4 Å². The van der Waals surface area contributed by atoms with E-state index in [4.69, 9.17) is 9.47 Å². The van der Waals surface area contributed by atoms with E-state index in [9.17, 15) is 0 Å². The molecule has 1 aromatic heterocycles. The van der Waals surface area contributed by atoms with Crippen LogP contribution >= 0.6 is 0 Å². The molecule has 146 valence electrons. The molecule has 1 heterocycles. The van der Waals surface area contributed by atoms with Crippen LogP contribution in [0.15, 0.2) is 54.6 Å². The fourth-order valence-corrected chi connectivity index (χ4v) is 2.71. The SMILES string of the molecule is CCOc1ccc(Nc2cc(Nc3ccccc3OC(C)C)nc(C)n2)cc1. The molecule has 28 heavy (non-hydrogen) atoms. The minimum atomic E-state index is 0.0898. The van der Waals surface area contributed by atoms with Crippen LogP contribution in [0.25, 0.3) is 0 Å². The van der Waals surface area contributed by atoms with Gasteiger partial charge in [-0.05, 0) is 64.1 Å². The van der Waals surface area contributed by atoms with E-state index in [0.29, 0.717) is 24.1 Å². The number of hydrogen-bond donors (Lipinski definition) is 2. The van der Waals surface area contributed by atoms with E-state index in [1.807, 2.05) is 82.3 Å². The largest absolute Gasteiger partial charge is 0.494 e. The fraction of sp³-hybridized carbons (Fsp3) is 0.273. The lowest BCUT2D eigenvalue weighted by Crippen LogP contribution is -2.08. The van der Waals surface area contributed by atoms with Gasteiger partial charge in [0.2, 0.25) is 0 Å². The zero-order valence-corrected chi connectivity index (χ0v) is 16.7. The van der Waals surface area contributed by atoms with Crippen molar-refractivity contribution in [1.82, 2.24) is 9.97 Å². The molecule has 0 fully saturated rings. The molecule has 2 aromatic carbocycles. The van der Waals surface area contributed by atoms with Crippen LogP contribution in [0.5, 0.6) is 11.5 Å². The molecule has 0 saturated carbocycles. The number of para-hydroxylation sites is 2. The third-order valence-electron chi connectivity index (χ3n) is 3.79. The summed E-state index contributed by atoms with van der Waals surface area (Å²) in [6.07, 6.45) is 0.0898. The molecule has 0 saturated heterocycles. The normalized spacial score (nSPS) is 10.6. The molecule has 0 atom stereocenters. The molecule has 6 heteroatoms. The fourth-order valence-electron chi connectivity index (χ4n) is 2.71. The monoisotopic (exact) mass is 378 g/mol. The lowest BCUT2D eigenvalue weighted by molar-refractivity contribution is 0.244. The van der Waals surface area contributed by atoms with Gasteiger partial charge in [-0.1, -0.05) is 12.1 Å². The maximum atomic E-state index is 5.87. The van der Waals surface area contributed by atoms with Crippen molar-refractivity contribution in [2.75, 3.05) is 17.2 Å². The molecule has 2 N–H and O–H groups in total. The molecule has 0 amide bonds. The Balaban J connectivity index is 1.78. The number of anilines is 4. The minimum absolute atomic E-state index is 0.0898. The number of aryl methyl sites for hydroxylation is 1. The van der Waals surface area contributed by atoms with Crippen molar-refractivity contribution in [2.24, 2.45) is 0 Å². The van der Waals surface area contributed by atoms with Gasteiger partial charge < -0.3 is 20.1 Å². The molecule has 3 aromatic rings. The Morgan fingerprint density at radius 2 is 1.61 bits per heavy atom. The second-order valence-corrected chi connectivity index (χ2v) is 6.56. The quantitative estimate of drug-likeness (QED) is 0.543. The smallest absolute Gasteiger partial charge is 0.143 e. The first-order valence-corrected chi connectivity index (χ1v) is 9.41. The summed E-state index contributed by atoms with van der Waals surface area (Å²) in [5.74, 6) is 3.70. The van der Waals surface area contributed by atoms with E-state index in [0.717, 1.165) is 22.9 Å². The van der Waals surface area contributed by atoms with Gasteiger partial charge in [-0.3, -0.25) is 0 Å². The minimum Gasteiger partial charge on any atom is -0.494 e. The van der Waals surface area contributed by atoms with E-state index >= 15 is 0 Å². The summed E-state index contributed by atoms with van der Waals surface area (Å²) in [6, 6.07) is 17.5. The molecule has 6 nitrogen and oxygen atoms in total. The molecular weight excluding hydrogens is 352 g/mol.